The number of carbonyl (C=O) groups is 2. The number of rotatable bonds is 9. The Hall–Kier alpha value is -3.45. The number of aromatic nitrogens is 1. The molecule has 0 aliphatic carbocycles. The molecule has 1 aromatic heterocycles. The van der Waals surface area contributed by atoms with E-state index < -0.39 is 0 Å². The number of anilines is 1. The van der Waals surface area contributed by atoms with Gasteiger partial charge in [-0.25, -0.2) is 4.98 Å². The zero-order valence-electron chi connectivity index (χ0n) is 20.8. The molecule has 2 aliphatic heterocycles. The van der Waals surface area contributed by atoms with Crippen molar-refractivity contribution >= 4 is 28.5 Å². The number of piperidine rings is 1. The molecule has 2 amide bonds. The average Bonchev–Trinajstić information content (AvgIpc) is 3.32. The van der Waals surface area contributed by atoms with Crippen LogP contribution in [0, 0.1) is 0 Å². The van der Waals surface area contributed by atoms with Crippen molar-refractivity contribution in [2.45, 2.75) is 44.7 Å². The van der Waals surface area contributed by atoms with E-state index in [0.29, 0.717) is 24.3 Å². The minimum Gasteiger partial charge on any atom is -0.370 e. The summed E-state index contributed by atoms with van der Waals surface area (Å²) >= 11 is 0. The predicted octanol–water partition coefficient (Wildman–Crippen LogP) is 4.05. The van der Waals surface area contributed by atoms with E-state index >= 15 is 0 Å². The highest BCUT2D eigenvalue weighted by atomic mass is 16.2. The van der Waals surface area contributed by atoms with Gasteiger partial charge in [-0.15, -0.1) is 0 Å². The molecule has 36 heavy (non-hydrogen) atoms. The molecule has 2 N–H and O–H groups in total. The second kappa shape index (κ2) is 11.5. The Kier molecular flexibility index (Phi) is 7.76. The molecule has 0 saturated carbocycles. The van der Waals surface area contributed by atoms with E-state index in [1.54, 1.807) is 0 Å². The summed E-state index contributed by atoms with van der Waals surface area (Å²) in [6.07, 6.45) is 4.38. The molecule has 0 spiro atoms. The van der Waals surface area contributed by atoms with Gasteiger partial charge in [0.1, 0.15) is 5.82 Å². The van der Waals surface area contributed by atoms with Gasteiger partial charge in [-0.05, 0) is 43.4 Å². The third-order valence-electron chi connectivity index (χ3n) is 7.21. The van der Waals surface area contributed by atoms with Crippen LogP contribution in [0.4, 0.5) is 5.82 Å². The number of likely N-dealkylation sites (tertiary alicyclic amines) is 2. The van der Waals surface area contributed by atoms with Crippen LogP contribution in [0.2, 0.25) is 0 Å². The second-order valence-corrected chi connectivity index (χ2v) is 9.85. The number of nitrogens with zero attached hydrogens (tertiary/aromatic N) is 3. The highest BCUT2D eigenvalue weighted by Crippen LogP contribution is 2.22. The lowest BCUT2D eigenvalue weighted by Gasteiger charge is -2.32. The number of amides is 2. The molecular weight excluding hydrogens is 450 g/mol. The van der Waals surface area contributed by atoms with Gasteiger partial charge >= 0.3 is 0 Å². The Balaban J connectivity index is 1.18. The van der Waals surface area contributed by atoms with Crippen LogP contribution >= 0.6 is 0 Å². The van der Waals surface area contributed by atoms with Crippen molar-refractivity contribution in [3.8, 4) is 0 Å². The van der Waals surface area contributed by atoms with Gasteiger partial charge in [-0.3, -0.25) is 14.5 Å². The van der Waals surface area contributed by atoms with Crippen LogP contribution in [0.5, 0.6) is 0 Å². The number of hydrogen-bond donors (Lipinski definition) is 2. The van der Waals surface area contributed by atoms with Crippen LogP contribution in [0.15, 0.2) is 60.7 Å². The Bertz CT molecular complexity index is 1190. The molecule has 0 radical (unpaired) electrons. The van der Waals surface area contributed by atoms with E-state index in [0.717, 1.165) is 69.3 Å². The number of hydrogen-bond acceptors (Lipinski definition) is 5. The third-order valence-corrected chi connectivity index (χ3v) is 7.21. The molecule has 2 aromatic carbocycles. The van der Waals surface area contributed by atoms with Gasteiger partial charge in [-0.2, -0.15) is 0 Å². The molecule has 0 unspecified atom stereocenters. The first kappa shape index (κ1) is 24.3. The first-order valence-corrected chi connectivity index (χ1v) is 13.1. The van der Waals surface area contributed by atoms with Crippen LogP contribution in [0.3, 0.4) is 0 Å². The lowest BCUT2D eigenvalue weighted by atomic mass is 10.0. The van der Waals surface area contributed by atoms with Crippen LogP contribution in [0.25, 0.3) is 10.9 Å². The topological polar surface area (TPSA) is 77.6 Å². The summed E-state index contributed by atoms with van der Waals surface area (Å²) in [6.45, 7) is 5.23. The lowest BCUT2D eigenvalue weighted by molar-refractivity contribution is -0.127. The summed E-state index contributed by atoms with van der Waals surface area (Å²) in [6, 6.07) is 20.4. The fourth-order valence-electron chi connectivity index (χ4n) is 5.22. The van der Waals surface area contributed by atoms with Crippen LogP contribution in [-0.2, 0) is 11.3 Å². The Labute approximate surface area is 212 Å². The van der Waals surface area contributed by atoms with Gasteiger partial charge < -0.3 is 15.5 Å². The predicted molar refractivity (Wildman–Crippen MR) is 143 cm³/mol. The summed E-state index contributed by atoms with van der Waals surface area (Å²) < 4.78 is 0. The number of carbonyl (C=O) groups excluding carboxylic acids is 2. The molecule has 0 bridgehead atoms. The second-order valence-electron chi connectivity index (χ2n) is 9.85. The minimum absolute atomic E-state index is 0.0409. The smallest absolute Gasteiger partial charge is 0.252 e. The third kappa shape index (κ3) is 6.02. The normalized spacial score (nSPS) is 17.0. The molecule has 7 nitrogen and oxygen atoms in total. The first-order chi connectivity index (χ1) is 17.7. The van der Waals surface area contributed by atoms with Crippen molar-refractivity contribution in [2.24, 2.45) is 0 Å². The summed E-state index contributed by atoms with van der Waals surface area (Å²) in [5, 5.41) is 7.52. The maximum atomic E-state index is 13.4. The molecule has 188 valence electrons. The molecule has 3 aromatic rings. The van der Waals surface area contributed by atoms with Crippen molar-refractivity contribution in [3.63, 3.8) is 0 Å². The zero-order valence-corrected chi connectivity index (χ0v) is 20.8. The lowest BCUT2D eigenvalue weighted by Crippen LogP contribution is -2.44. The van der Waals surface area contributed by atoms with Gasteiger partial charge in [0, 0.05) is 57.1 Å². The first-order valence-electron chi connectivity index (χ1n) is 13.1. The van der Waals surface area contributed by atoms with E-state index in [4.69, 9.17) is 4.98 Å². The Morgan fingerprint density at radius 1 is 1.00 bits per heavy atom. The van der Waals surface area contributed by atoms with E-state index in [2.05, 4.69) is 39.8 Å². The van der Waals surface area contributed by atoms with Crippen molar-refractivity contribution in [2.75, 3.05) is 38.0 Å². The molecule has 2 aliphatic rings. The fraction of sp³-hybridized carbons (Fsp3) is 0.414. The van der Waals surface area contributed by atoms with Crippen molar-refractivity contribution in [1.82, 2.24) is 20.1 Å². The number of fused-ring (bicyclic) bond motifs is 1. The molecule has 2 saturated heterocycles. The van der Waals surface area contributed by atoms with Gasteiger partial charge in [0.05, 0.1) is 11.1 Å². The summed E-state index contributed by atoms with van der Waals surface area (Å²) in [5.74, 6) is 0.911. The Morgan fingerprint density at radius 3 is 2.56 bits per heavy atom. The summed E-state index contributed by atoms with van der Waals surface area (Å²) in [4.78, 5) is 34.3. The number of pyridine rings is 1. The van der Waals surface area contributed by atoms with Gasteiger partial charge in [0.15, 0.2) is 0 Å². The van der Waals surface area contributed by atoms with Crippen molar-refractivity contribution in [3.05, 3.63) is 71.8 Å². The largest absolute Gasteiger partial charge is 0.370 e. The summed E-state index contributed by atoms with van der Waals surface area (Å²) in [7, 11) is 0. The van der Waals surface area contributed by atoms with Crippen LogP contribution in [-0.4, -0.2) is 65.4 Å². The summed E-state index contributed by atoms with van der Waals surface area (Å²) in [5.41, 5.74) is 2.79. The zero-order chi connectivity index (χ0) is 24.7. The van der Waals surface area contributed by atoms with Crippen LogP contribution < -0.4 is 10.6 Å². The highest BCUT2D eigenvalue weighted by molar-refractivity contribution is 6.07. The Morgan fingerprint density at radius 2 is 1.78 bits per heavy atom. The maximum absolute atomic E-state index is 13.4. The maximum Gasteiger partial charge on any atom is 0.252 e. The molecule has 0 atom stereocenters. The standard InChI is InChI=1S/C29H35N5O2/c35-28-12-6-16-34(28)17-7-15-30-27-20-25(24-10-4-5-11-26(24)32-27)29(36)31-23-13-18-33(19-14-23)21-22-8-2-1-3-9-22/h1-5,8-11,20,23H,6-7,12-19,21H2,(H,30,32)(H,31,36). The molecular formula is C29H35N5O2. The average molecular weight is 486 g/mol. The van der Waals surface area contributed by atoms with Gasteiger partial charge in [0.25, 0.3) is 5.91 Å². The minimum atomic E-state index is -0.0409. The van der Waals surface area contributed by atoms with E-state index in [9.17, 15) is 9.59 Å². The van der Waals surface area contributed by atoms with Gasteiger partial charge in [-0.1, -0.05) is 48.5 Å². The van der Waals surface area contributed by atoms with E-state index in [1.807, 2.05) is 41.3 Å². The molecule has 2 fully saturated rings. The SMILES string of the molecule is O=C(NC1CCN(Cc2ccccc2)CC1)c1cc(NCCCN2CCCC2=O)nc2ccccc12. The fourth-order valence-corrected chi connectivity index (χ4v) is 5.22. The van der Waals surface area contributed by atoms with Crippen molar-refractivity contribution in [1.29, 1.82) is 0 Å². The van der Waals surface area contributed by atoms with E-state index in [1.165, 1.54) is 5.56 Å². The number of para-hydroxylation sites is 1. The van der Waals surface area contributed by atoms with Gasteiger partial charge in [0.2, 0.25) is 5.91 Å². The quantitative estimate of drug-likeness (QED) is 0.447. The van der Waals surface area contributed by atoms with Crippen molar-refractivity contribution < 1.29 is 9.59 Å². The number of benzene rings is 2. The number of nitrogens with one attached hydrogen (secondary N) is 2. The monoisotopic (exact) mass is 485 g/mol. The molecule has 7 heteroatoms. The van der Waals surface area contributed by atoms with Crippen LogP contribution in [0.1, 0.15) is 48.0 Å². The van der Waals surface area contributed by atoms with E-state index in [-0.39, 0.29) is 17.9 Å². The highest BCUT2D eigenvalue weighted by Gasteiger charge is 2.23. The molecule has 5 rings (SSSR count). The molecule has 3 heterocycles.